The van der Waals surface area contributed by atoms with Crippen LogP contribution in [0.25, 0.3) is 0 Å². The lowest BCUT2D eigenvalue weighted by Gasteiger charge is -2.24. The van der Waals surface area contributed by atoms with Gasteiger partial charge in [-0.15, -0.1) is 0 Å². The molecule has 1 N–H and O–H groups in total. The van der Waals surface area contributed by atoms with Crippen molar-refractivity contribution in [2.75, 3.05) is 11.9 Å². The third-order valence-electron chi connectivity index (χ3n) is 3.74. The standard InChI is InChI=1S/C19H21NO3/c1-13(2)23-17-9-7-16(8-10-17)20-19(21)15-11-14-5-3-4-6-18(14)22-12-15/h3-10,13,15H,11-12H2,1-2H3,(H,20,21). The highest BCUT2D eigenvalue weighted by molar-refractivity contribution is 5.93. The van der Waals surface area contributed by atoms with Gasteiger partial charge in [0, 0.05) is 5.69 Å². The molecule has 1 unspecified atom stereocenters. The van der Waals surface area contributed by atoms with Gasteiger partial charge in [-0.05, 0) is 56.2 Å². The monoisotopic (exact) mass is 311 g/mol. The minimum absolute atomic E-state index is 0.0166. The Kier molecular flexibility index (Phi) is 4.51. The number of carbonyl (C=O) groups excluding carboxylic acids is 1. The van der Waals surface area contributed by atoms with Gasteiger partial charge in [0.25, 0.3) is 0 Å². The summed E-state index contributed by atoms with van der Waals surface area (Å²) < 4.78 is 11.3. The zero-order valence-corrected chi connectivity index (χ0v) is 13.4. The van der Waals surface area contributed by atoms with Gasteiger partial charge in [0.15, 0.2) is 0 Å². The molecule has 1 amide bonds. The van der Waals surface area contributed by atoms with Gasteiger partial charge in [-0.25, -0.2) is 0 Å². The van der Waals surface area contributed by atoms with E-state index in [1.54, 1.807) is 0 Å². The lowest BCUT2D eigenvalue weighted by molar-refractivity contribution is -0.121. The number of carbonyl (C=O) groups is 1. The first kappa shape index (κ1) is 15.4. The van der Waals surface area contributed by atoms with E-state index in [-0.39, 0.29) is 17.9 Å². The van der Waals surface area contributed by atoms with E-state index in [0.717, 1.165) is 22.7 Å². The van der Waals surface area contributed by atoms with Crippen LogP contribution < -0.4 is 14.8 Å². The molecule has 0 aliphatic carbocycles. The first-order chi connectivity index (χ1) is 11.1. The molecular formula is C19H21NO3. The average Bonchev–Trinajstić information content (AvgIpc) is 2.55. The molecule has 0 aromatic heterocycles. The summed E-state index contributed by atoms with van der Waals surface area (Å²) in [6.45, 7) is 4.38. The minimum atomic E-state index is -0.170. The van der Waals surface area contributed by atoms with Crippen LogP contribution in [-0.2, 0) is 11.2 Å². The van der Waals surface area contributed by atoms with E-state index in [9.17, 15) is 4.79 Å². The van der Waals surface area contributed by atoms with Gasteiger partial charge in [0.2, 0.25) is 5.91 Å². The van der Waals surface area contributed by atoms with Crippen LogP contribution in [0.15, 0.2) is 48.5 Å². The smallest absolute Gasteiger partial charge is 0.231 e. The van der Waals surface area contributed by atoms with Crippen molar-refractivity contribution >= 4 is 11.6 Å². The summed E-state index contributed by atoms with van der Waals surface area (Å²) in [7, 11) is 0. The summed E-state index contributed by atoms with van der Waals surface area (Å²) >= 11 is 0. The van der Waals surface area contributed by atoms with E-state index < -0.39 is 0 Å². The molecule has 0 saturated carbocycles. The number of hydrogen-bond acceptors (Lipinski definition) is 3. The van der Waals surface area contributed by atoms with Crippen molar-refractivity contribution in [1.29, 1.82) is 0 Å². The summed E-state index contributed by atoms with van der Waals surface area (Å²) in [5.41, 5.74) is 1.85. The molecule has 1 atom stereocenters. The lowest BCUT2D eigenvalue weighted by Crippen LogP contribution is -2.32. The third-order valence-corrected chi connectivity index (χ3v) is 3.74. The first-order valence-corrected chi connectivity index (χ1v) is 7.90. The van der Waals surface area contributed by atoms with Gasteiger partial charge < -0.3 is 14.8 Å². The largest absolute Gasteiger partial charge is 0.492 e. The van der Waals surface area contributed by atoms with Crippen molar-refractivity contribution in [2.45, 2.75) is 26.4 Å². The molecule has 4 heteroatoms. The Hall–Kier alpha value is -2.49. The van der Waals surface area contributed by atoms with Crippen molar-refractivity contribution in [1.82, 2.24) is 0 Å². The van der Waals surface area contributed by atoms with Gasteiger partial charge in [-0.3, -0.25) is 4.79 Å². The van der Waals surface area contributed by atoms with Gasteiger partial charge in [-0.2, -0.15) is 0 Å². The van der Waals surface area contributed by atoms with Crippen LogP contribution in [-0.4, -0.2) is 18.6 Å². The first-order valence-electron chi connectivity index (χ1n) is 7.90. The summed E-state index contributed by atoms with van der Waals surface area (Å²) in [4.78, 5) is 12.4. The maximum Gasteiger partial charge on any atom is 0.231 e. The molecule has 3 rings (SSSR count). The van der Waals surface area contributed by atoms with Gasteiger partial charge in [-0.1, -0.05) is 18.2 Å². The lowest BCUT2D eigenvalue weighted by atomic mass is 9.96. The number of rotatable bonds is 4. The molecular weight excluding hydrogens is 290 g/mol. The number of anilines is 1. The fraction of sp³-hybridized carbons (Fsp3) is 0.316. The van der Waals surface area contributed by atoms with Crippen molar-refractivity contribution in [3.63, 3.8) is 0 Å². The molecule has 0 bridgehead atoms. The number of fused-ring (bicyclic) bond motifs is 1. The van der Waals surface area contributed by atoms with Crippen LogP contribution in [0.2, 0.25) is 0 Å². The normalized spacial score (nSPS) is 16.4. The number of para-hydroxylation sites is 1. The zero-order chi connectivity index (χ0) is 16.2. The SMILES string of the molecule is CC(C)Oc1ccc(NC(=O)C2COc3ccccc3C2)cc1. The predicted molar refractivity (Wildman–Crippen MR) is 90.0 cm³/mol. The predicted octanol–water partition coefficient (Wildman–Crippen LogP) is 3.66. The molecule has 1 heterocycles. The Labute approximate surface area is 136 Å². The Morgan fingerprint density at radius 2 is 1.91 bits per heavy atom. The van der Waals surface area contributed by atoms with E-state index >= 15 is 0 Å². The van der Waals surface area contributed by atoms with E-state index in [1.807, 2.05) is 62.4 Å². The molecule has 0 fully saturated rings. The zero-order valence-electron chi connectivity index (χ0n) is 13.4. The summed E-state index contributed by atoms with van der Waals surface area (Å²) in [5.74, 6) is 1.49. The maximum atomic E-state index is 12.4. The molecule has 23 heavy (non-hydrogen) atoms. The van der Waals surface area contributed by atoms with Crippen molar-refractivity contribution < 1.29 is 14.3 Å². The topological polar surface area (TPSA) is 47.6 Å². The second kappa shape index (κ2) is 6.73. The van der Waals surface area contributed by atoms with Crippen LogP contribution in [0.3, 0.4) is 0 Å². The number of nitrogens with one attached hydrogen (secondary N) is 1. The molecule has 0 radical (unpaired) electrons. The highest BCUT2D eigenvalue weighted by Gasteiger charge is 2.25. The Morgan fingerprint density at radius 3 is 2.65 bits per heavy atom. The van der Waals surface area contributed by atoms with Crippen molar-refractivity contribution in [2.24, 2.45) is 5.92 Å². The summed E-state index contributed by atoms with van der Waals surface area (Å²) in [5, 5.41) is 2.95. The molecule has 1 aliphatic rings. The maximum absolute atomic E-state index is 12.4. The average molecular weight is 311 g/mol. The summed E-state index contributed by atoms with van der Waals surface area (Å²) in [6.07, 6.45) is 0.839. The molecule has 1 aliphatic heterocycles. The van der Waals surface area contributed by atoms with E-state index in [4.69, 9.17) is 9.47 Å². The quantitative estimate of drug-likeness (QED) is 0.937. The molecule has 0 saturated heterocycles. The van der Waals surface area contributed by atoms with Crippen molar-refractivity contribution in [3.8, 4) is 11.5 Å². The van der Waals surface area contributed by atoms with Crippen molar-refractivity contribution in [3.05, 3.63) is 54.1 Å². The molecule has 0 spiro atoms. The van der Waals surface area contributed by atoms with E-state index in [1.165, 1.54) is 0 Å². The van der Waals surface area contributed by atoms with E-state index in [0.29, 0.717) is 13.0 Å². The van der Waals surface area contributed by atoms with Crippen LogP contribution in [0, 0.1) is 5.92 Å². The van der Waals surface area contributed by atoms with Gasteiger partial charge in [0.05, 0.1) is 12.0 Å². The molecule has 120 valence electrons. The summed E-state index contributed by atoms with van der Waals surface area (Å²) in [6, 6.07) is 15.3. The number of ether oxygens (including phenoxy) is 2. The Bertz CT molecular complexity index is 679. The fourth-order valence-corrected chi connectivity index (χ4v) is 2.63. The van der Waals surface area contributed by atoms with Crippen LogP contribution >= 0.6 is 0 Å². The fourth-order valence-electron chi connectivity index (χ4n) is 2.63. The van der Waals surface area contributed by atoms with Crippen LogP contribution in [0.4, 0.5) is 5.69 Å². The second-order valence-electron chi connectivity index (χ2n) is 6.00. The number of benzene rings is 2. The van der Waals surface area contributed by atoms with Crippen LogP contribution in [0.1, 0.15) is 19.4 Å². The Balaban J connectivity index is 1.61. The van der Waals surface area contributed by atoms with Crippen LogP contribution in [0.5, 0.6) is 11.5 Å². The van der Waals surface area contributed by atoms with E-state index in [2.05, 4.69) is 5.32 Å². The van der Waals surface area contributed by atoms with Gasteiger partial charge >= 0.3 is 0 Å². The third kappa shape index (κ3) is 3.83. The highest BCUT2D eigenvalue weighted by atomic mass is 16.5. The highest BCUT2D eigenvalue weighted by Crippen LogP contribution is 2.27. The second-order valence-corrected chi connectivity index (χ2v) is 6.00. The molecule has 4 nitrogen and oxygen atoms in total. The Morgan fingerprint density at radius 1 is 1.17 bits per heavy atom. The van der Waals surface area contributed by atoms with Gasteiger partial charge in [0.1, 0.15) is 18.1 Å². The number of hydrogen-bond donors (Lipinski definition) is 1. The minimum Gasteiger partial charge on any atom is -0.492 e. The molecule has 2 aromatic carbocycles. The molecule has 2 aromatic rings. The number of amides is 1.